The van der Waals surface area contributed by atoms with E-state index in [4.69, 9.17) is 4.74 Å². The maximum Gasteiger partial charge on any atom is 0.326 e. The third kappa shape index (κ3) is 2.72. The molecule has 1 aliphatic rings. The number of methoxy groups -OCH3 is 1. The molecule has 3 rings (SSSR count). The summed E-state index contributed by atoms with van der Waals surface area (Å²) in [5, 5.41) is 21.0. The van der Waals surface area contributed by atoms with Gasteiger partial charge < -0.3 is 14.7 Å². The van der Waals surface area contributed by atoms with Crippen molar-refractivity contribution in [3.05, 3.63) is 29.8 Å². The second kappa shape index (κ2) is 6.00. The van der Waals surface area contributed by atoms with Crippen molar-refractivity contribution in [3.63, 3.8) is 0 Å². The van der Waals surface area contributed by atoms with Crippen molar-refractivity contribution in [3.8, 4) is 5.75 Å². The molecule has 0 radical (unpaired) electrons. The van der Waals surface area contributed by atoms with E-state index in [1.165, 1.54) is 0 Å². The van der Waals surface area contributed by atoms with E-state index >= 15 is 0 Å². The molecule has 2 aromatic rings. The number of hydrogen-bond acceptors (Lipinski definition) is 6. The Bertz CT molecular complexity index is 655. The minimum Gasteiger partial charge on any atom is -0.497 e. The molecule has 0 amide bonds. The Balaban J connectivity index is 1.81. The van der Waals surface area contributed by atoms with E-state index in [1.807, 2.05) is 24.3 Å². The third-order valence-corrected chi connectivity index (χ3v) is 3.80. The van der Waals surface area contributed by atoms with Crippen LogP contribution in [0.25, 0.3) is 0 Å². The van der Waals surface area contributed by atoms with Gasteiger partial charge in [-0.1, -0.05) is 17.2 Å². The van der Waals surface area contributed by atoms with Crippen LogP contribution >= 0.6 is 0 Å². The van der Waals surface area contributed by atoms with Gasteiger partial charge in [0, 0.05) is 6.54 Å². The van der Waals surface area contributed by atoms with E-state index in [1.54, 1.807) is 16.7 Å². The number of aliphatic carboxylic acids is 1. The Morgan fingerprint density at radius 3 is 2.86 bits per heavy atom. The number of tetrazole rings is 1. The monoisotopic (exact) mass is 303 g/mol. The van der Waals surface area contributed by atoms with E-state index in [0.29, 0.717) is 25.5 Å². The lowest BCUT2D eigenvalue weighted by Gasteiger charge is -2.21. The molecule has 1 fully saturated rings. The van der Waals surface area contributed by atoms with Gasteiger partial charge in [-0.15, -0.1) is 0 Å². The quantitative estimate of drug-likeness (QED) is 0.872. The molecule has 116 valence electrons. The van der Waals surface area contributed by atoms with Crippen LogP contribution in [0.4, 0.5) is 5.95 Å². The molecular weight excluding hydrogens is 286 g/mol. The molecule has 22 heavy (non-hydrogen) atoms. The van der Waals surface area contributed by atoms with Crippen molar-refractivity contribution in [2.45, 2.75) is 25.4 Å². The lowest BCUT2D eigenvalue weighted by Crippen LogP contribution is -2.37. The molecule has 1 aromatic carbocycles. The highest BCUT2D eigenvalue weighted by Crippen LogP contribution is 2.24. The van der Waals surface area contributed by atoms with Crippen LogP contribution in [0.2, 0.25) is 0 Å². The molecule has 0 spiro atoms. The van der Waals surface area contributed by atoms with Crippen LogP contribution in [0.3, 0.4) is 0 Å². The van der Waals surface area contributed by atoms with Crippen LogP contribution in [0.1, 0.15) is 18.4 Å². The second-order valence-corrected chi connectivity index (χ2v) is 5.17. The number of hydrogen-bond donors (Lipinski definition) is 1. The average Bonchev–Trinajstić information content (AvgIpc) is 3.16. The molecule has 8 heteroatoms. The van der Waals surface area contributed by atoms with Gasteiger partial charge in [-0.3, -0.25) is 0 Å². The molecule has 2 heterocycles. The van der Waals surface area contributed by atoms with Gasteiger partial charge in [0.05, 0.1) is 13.7 Å². The highest BCUT2D eigenvalue weighted by Gasteiger charge is 2.33. The zero-order valence-corrected chi connectivity index (χ0v) is 12.2. The molecule has 1 atom stereocenters. The minimum atomic E-state index is -0.837. The van der Waals surface area contributed by atoms with Crippen LogP contribution in [0, 0.1) is 0 Å². The minimum absolute atomic E-state index is 0.481. The van der Waals surface area contributed by atoms with Crippen LogP contribution in [-0.4, -0.2) is 51.0 Å². The summed E-state index contributed by atoms with van der Waals surface area (Å²) in [6, 6.07) is 7.05. The van der Waals surface area contributed by atoms with Crippen molar-refractivity contribution >= 4 is 11.9 Å². The van der Waals surface area contributed by atoms with Gasteiger partial charge in [0.25, 0.3) is 0 Å². The van der Waals surface area contributed by atoms with Gasteiger partial charge in [0.15, 0.2) is 0 Å². The average molecular weight is 303 g/mol. The molecule has 0 bridgehead atoms. The summed E-state index contributed by atoms with van der Waals surface area (Å²) in [4.78, 5) is 13.1. The topological polar surface area (TPSA) is 93.4 Å². The van der Waals surface area contributed by atoms with E-state index in [2.05, 4.69) is 15.5 Å². The standard InChI is InChI=1S/C14H17N5O3/c1-22-11-6-4-10(5-7-11)9-19-14(15-16-17-19)18-8-2-3-12(18)13(20)21/h4-7,12H,2-3,8-9H2,1H3,(H,20,21). The van der Waals surface area contributed by atoms with Gasteiger partial charge in [0.1, 0.15) is 11.8 Å². The Kier molecular flexibility index (Phi) is 3.90. The number of nitrogens with zero attached hydrogens (tertiary/aromatic N) is 5. The Labute approximate surface area is 127 Å². The SMILES string of the molecule is COc1ccc(Cn2nnnc2N2CCCC2C(=O)O)cc1. The molecule has 1 N–H and O–H groups in total. The zero-order chi connectivity index (χ0) is 15.5. The van der Waals surface area contributed by atoms with Gasteiger partial charge in [-0.2, -0.15) is 0 Å². The van der Waals surface area contributed by atoms with E-state index in [0.717, 1.165) is 17.7 Å². The first-order valence-electron chi connectivity index (χ1n) is 7.07. The number of carbonyl (C=O) groups is 1. The lowest BCUT2D eigenvalue weighted by molar-refractivity contribution is -0.138. The van der Waals surface area contributed by atoms with Crippen LogP contribution in [0.5, 0.6) is 5.75 Å². The van der Waals surface area contributed by atoms with Gasteiger partial charge in [0.2, 0.25) is 5.95 Å². The first-order chi connectivity index (χ1) is 10.7. The fraction of sp³-hybridized carbons (Fsp3) is 0.429. The van der Waals surface area contributed by atoms with Gasteiger partial charge in [-0.25, -0.2) is 9.48 Å². The summed E-state index contributed by atoms with van der Waals surface area (Å²) in [6.45, 7) is 1.13. The van der Waals surface area contributed by atoms with E-state index < -0.39 is 12.0 Å². The summed E-state index contributed by atoms with van der Waals surface area (Å²) in [7, 11) is 1.62. The largest absolute Gasteiger partial charge is 0.497 e. The summed E-state index contributed by atoms with van der Waals surface area (Å²) in [5.74, 6) is 0.448. The predicted molar refractivity (Wildman–Crippen MR) is 77.9 cm³/mol. The number of carboxylic acids is 1. The highest BCUT2D eigenvalue weighted by molar-refractivity contribution is 5.78. The molecule has 1 unspecified atom stereocenters. The number of rotatable bonds is 5. The third-order valence-electron chi connectivity index (χ3n) is 3.80. The van der Waals surface area contributed by atoms with Gasteiger partial charge >= 0.3 is 5.97 Å². The number of anilines is 1. The van der Waals surface area contributed by atoms with Crippen molar-refractivity contribution in [2.24, 2.45) is 0 Å². The smallest absolute Gasteiger partial charge is 0.326 e. The fourth-order valence-corrected chi connectivity index (χ4v) is 2.67. The molecule has 8 nitrogen and oxygen atoms in total. The Morgan fingerprint density at radius 2 is 2.18 bits per heavy atom. The maximum absolute atomic E-state index is 11.3. The normalized spacial score (nSPS) is 17.7. The van der Waals surface area contributed by atoms with Crippen molar-refractivity contribution in [1.29, 1.82) is 0 Å². The van der Waals surface area contributed by atoms with Crippen LogP contribution in [-0.2, 0) is 11.3 Å². The van der Waals surface area contributed by atoms with Crippen molar-refractivity contribution in [2.75, 3.05) is 18.6 Å². The Morgan fingerprint density at radius 1 is 1.41 bits per heavy atom. The second-order valence-electron chi connectivity index (χ2n) is 5.17. The first-order valence-corrected chi connectivity index (χ1v) is 7.07. The predicted octanol–water partition coefficient (Wildman–Crippen LogP) is 0.783. The van der Waals surface area contributed by atoms with E-state index in [9.17, 15) is 9.90 Å². The number of benzene rings is 1. The molecule has 1 saturated heterocycles. The molecular formula is C14H17N5O3. The highest BCUT2D eigenvalue weighted by atomic mass is 16.5. The van der Waals surface area contributed by atoms with E-state index in [-0.39, 0.29) is 0 Å². The number of carboxylic acid groups (broad SMARTS) is 1. The summed E-state index contributed by atoms with van der Waals surface area (Å²) < 4.78 is 6.76. The van der Waals surface area contributed by atoms with Crippen LogP contribution < -0.4 is 9.64 Å². The molecule has 1 aliphatic heterocycles. The maximum atomic E-state index is 11.3. The van der Waals surface area contributed by atoms with Crippen molar-refractivity contribution < 1.29 is 14.6 Å². The van der Waals surface area contributed by atoms with Crippen LogP contribution in [0.15, 0.2) is 24.3 Å². The number of ether oxygens (including phenoxy) is 1. The van der Waals surface area contributed by atoms with Gasteiger partial charge in [-0.05, 0) is 41.0 Å². The van der Waals surface area contributed by atoms with Crippen molar-refractivity contribution in [1.82, 2.24) is 20.2 Å². The lowest BCUT2D eigenvalue weighted by atomic mass is 10.2. The molecule has 1 aromatic heterocycles. The fourth-order valence-electron chi connectivity index (χ4n) is 2.67. The summed E-state index contributed by atoms with van der Waals surface area (Å²) in [6.07, 6.45) is 1.44. The molecule has 0 aliphatic carbocycles. The number of aromatic nitrogens is 4. The summed E-state index contributed by atoms with van der Waals surface area (Å²) in [5.41, 5.74) is 1.01. The Hall–Kier alpha value is -2.64. The first kappa shape index (κ1) is 14.3. The zero-order valence-electron chi connectivity index (χ0n) is 12.2. The molecule has 0 saturated carbocycles. The summed E-state index contributed by atoms with van der Waals surface area (Å²) >= 11 is 0.